The number of carboxylic acids is 1. The molecule has 6 aromatic carbocycles. The summed E-state index contributed by atoms with van der Waals surface area (Å²) in [6.07, 6.45) is 1.31. The second kappa shape index (κ2) is 27.3. The van der Waals surface area contributed by atoms with Gasteiger partial charge in [0.1, 0.15) is 33.2 Å². The predicted molar refractivity (Wildman–Crippen MR) is 297 cm³/mol. The molecule has 0 saturated heterocycles. The molecule has 86 heavy (non-hydrogen) atoms. The molecule has 0 atom stereocenters. The summed E-state index contributed by atoms with van der Waals surface area (Å²) in [5, 5.41) is 66.3. The molecule has 2 aromatic heterocycles. The number of phenols is 2. The van der Waals surface area contributed by atoms with Crippen LogP contribution in [0.5, 0.6) is 17.5 Å². The van der Waals surface area contributed by atoms with Crippen molar-refractivity contribution in [1.29, 1.82) is 0 Å². The molecule has 0 unspecified atom stereocenters. The molecule has 446 valence electrons. The Balaban J connectivity index is 0.890. The number of nitrogens with one attached hydrogen (secondary N) is 6. The van der Waals surface area contributed by atoms with Gasteiger partial charge >= 0.3 is 28.1 Å². The Kier molecular flexibility index (Phi) is 19.5. The van der Waals surface area contributed by atoms with E-state index < -0.39 is 76.7 Å². The molecule has 39 heteroatoms. The van der Waals surface area contributed by atoms with E-state index >= 15 is 0 Å². The number of hydrogen-bond acceptors (Lipinski definition) is 33. The van der Waals surface area contributed by atoms with E-state index in [-0.39, 0.29) is 116 Å². The zero-order valence-corrected chi connectivity index (χ0v) is 45.9. The molecule has 15 N–H and O–H groups in total. The number of phenolic OH excluding ortho intramolecular Hbond substituents is 2. The Morgan fingerprint density at radius 1 is 0.674 bits per heavy atom. The maximum atomic E-state index is 12.9. The highest BCUT2D eigenvalue weighted by atomic mass is 32.2. The molecule has 0 aliphatic rings. The van der Waals surface area contributed by atoms with Gasteiger partial charge in [-0.25, -0.2) is 19.8 Å². The molecule has 0 fully saturated rings. The Bertz CT molecular complexity index is 4230. The summed E-state index contributed by atoms with van der Waals surface area (Å²) >= 11 is 0.434. The number of nitrogens with zero attached hydrogens (tertiary/aromatic N) is 10. The molecule has 0 aliphatic heterocycles. The molecular formula is C47H42N18O18S3. The monoisotopic (exact) mass is 1240 g/mol. The molecule has 2 heterocycles. The number of fused-ring (bicyclic) bond motifs is 2. The maximum absolute atomic E-state index is 12.9. The fourth-order valence-electron chi connectivity index (χ4n) is 7.64. The maximum Gasteiger partial charge on any atom is 0.358 e. The SMILES string of the molecule is COc1nc(NNC(=O)CCCCC(=O)NNc2ncnc(Nc3cccc4cc(S(=O)(=O)ON)c(N=Nc5ccccc5C(=O)ON)c(O)c34)n2)nc(Nc2cc(SOOO)cc3cc(S(=O)(=O)O)c(N=Nc4ccc(C(=O)O)cc4)c(O)c23)n1. The Hall–Kier alpha value is -10.5. The smallest absolute Gasteiger partial charge is 0.358 e. The molecule has 0 spiro atoms. The van der Waals surface area contributed by atoms with Crippen molar-refractivity contribution in [1.82, 2.24) is 40.8 Å². The number of amides is 2. The third-order valence-corrected chi connectivity index (χ3v) is 14.0. The van der Waals surface area contributed by atoms with E-state index in [1.54, 1.807) is 0 Å². The van der Waals surface area contributed by atoms with Crippen molar-refractivity contribution in [3.63, 3.8) is 0 Å². The highest BCUT2D eigenvalue weighted by Gasteiger charge is 2.28. The quantitative estimate of drug-likeness (QED) is 0.00713. The highest BCUT2D eigenvalue weighted by Crippen LogP contribution is 2.47. The number of nitrogens with two attached hydrogens (primary N) is 2. The van der Waals surface area contributed by atoms with Crippen molar-refractivity contribution in [3.05, 3.63) is 108 Å². The zero-order chi connectivity index (χ0) is 61.7. The average Bonchev–Trinajstić information content (AvgIpc) is 0.856. The number of carboxylic acid groups (broad SMARTS) is 1. The van der Waals surface area contributed by atoms with Gasteiger partial charge in [-0.05, 0) is 90.3 Å². The zero-order valence-electron chi connectivity index (χ0n) is 43.5. The number of aromatic hydroxyl groups is 2. The molecular weight excluding hydrogens is 1200 g/mol. The first-order chi connectivity index (χ1) is 41.2. The molecule has 8 aromatic rings. The predicted octanol–water partition coefficient (Wildman–Crippen LogP) is 6.23. The van der Waals surface area contributed by atoms with Crippen molar-refractivity contribution in [2.75, 3.05) is 28.6 Å². The van der Waals surface area contributed by atoms with Crippen LogP contribution >= 0.6 is 12.0 Å². The number of rotatable bonds is 26. The van der Waals surface area contributed by atoms with Gasteiger partial charge in [0.25, 0.3) is 10.1 Å². The number of carbonyl (C=O) groups excluding carboxylic acids is 3. The van der Waals surface area contributed by atoms with Gasteiger partial charge in [-0.2, -0.15) is 62.9 Å². The fourth-order valence-corrected chi connectivity index (χ4v) is 9.50. The van der Waals surface area contributed by atoms with Crippen molar-refractivity contribution in [2.45, 2.75) is 40.4 Å². The van der Waals surface area contributed by atoms with Crippen LogP contribution in [0.4, 0.5) is 57.9 Å². The van der Waals surface area contributed by atoms with E-state index in [4.69, 9.17) is 21.8 Å². The minimum absolute atomic E-state index is 0.000868. The second-order valence-corrected chi connectivity index (χ2v) is 20.7. The minimum atomic E-state index is -5.12. The number of aromatic nitrogens is 6. The van der Waals surface area contributed by atoms with E-state index in [9.17, 15) is 55.9 Å². The third-order valence-electron chi connectivity index (χ3n) is 11.5. The lowest BCUT2D eigenvalue weighted by Gasteiger charge is -2.15. The number of hydrogen-bond donors (Lipinski definition) is 13. The van der Waals surface area contributed by atoms with Crippen molar-refractivity contribution >= 4 is 135 Å². The van der Waals surface area contributed by atoms with Crippen molar-refractivity contribution < 1.29 is 84.4 Å². The van der Waals surface area contributed by atoms with Gasteiger partial charge in [-0.3, -0.25) is 35.8 Å². The number of ether oxygens (including phenoxy) is 1. The van der Waals surface area contributed by atoms with Crippen molar-refractivity contribution in [3.8, 4) is 17.5 Å². The van der Waals surface area contributed by atoms with Crippen LogP contribution in [-0.2, 0) is 48.3 Å². The van der Waals surface area contributed by atoms with E-state index in [1.807, 2.05) is 0 Å². The Labute approximate surface area is 485 Å². The average molecular weight is 1240 g/mol. The lowest BCUT2D eigenvalue weighted by atomic mass is 10.1. The first kappa shape index (κ1) is 61.6. The highest BCUT2D eigenvalue weighted by molar-refractivity contribution is 7.94. The summed E-state index contributed by atoms with van der Waals surface area (Å²) in [5.41, 5.74) is 8.30. The summed E-state index contributed by atoms with van der Waals surface area (Å²) < 4.78 is 75.3. The van der Waals surface area contributed by atoms with Gasteiger partial charge in [0.15, 0.2) is 11.5 Å². The van der Waals surface area contributed by atoms with Gasteiger partial charge in [-0.15, -0.1) is 19.7 Å². The van der Waals surface area contributed by atoms with E-state index in [0.29, 0.717) is 12.0 Å². The number of azo groups is 2. The van der Waals surface area contributed by atoms with Gasteiger partial charge in [0.05, 0.1) is 47.3 Å². The van der Waals surface area contributed by atoms with E-state index in [1.165, 1.54) is 86.0 Å². The first-order valence-corrected chi connectivity index (χ1v) is 27.5. The van der Waals surface area contributed by atoms with E-state index in [0.717, 1.165) is 18.5 Å². The number of hydrazine groups is 2. The van der Waals surface area contributed by atoms with Gasteiger partial charge in [0, 0.05) is 28.5 Å². The number of aromatic carboxylic acids is 1. The number of methoxy groups -OCH3 is 1. The molecule has 36 nitrogen and oxygen atoms in total. The molecule has 0 radical (unpaired) electrons. The normalized spacial score (nSPS) is 11.6. The summed E-state index contributed by atoms with van der Waals surface area (Å²) in [5.74, 6) is 4.39. The fraction of sp³-hybridized carbons (Fsp3) is 0.106. The van der Waals surface area contributed by atoms with Crippen LogP contribution in [0.1, 0.15) is 46.4 Å². The topological polar surface area (TPSA) is 535 Å². The first-order valence-electron chi connectivity index (χ1n) is 23.9. The Morgan fingerprint density at radius 3 is 1.95 bits per heavy atom. The number of carbonyl (C=O) groups is 4. The van der Waals surface area contributed by atoms with Crippen LogP contribution in [0.15, 0.2) is 132 Å². The molecule has 2 amide bonds. The van der Waals surface area contributed by atoms with Crippen LogP contribution in [0.3, 0.4) is 0 Å². The third kappa shape index (κ3) is 15.0. The summed E-state index contributed by atoms with van der Waals surface area (Å²) in [6.45, 7) is 0. The number of unbranched alkanes of at least 4 members (excludes halogenated alkanes) is 1. The lowest BCUT2D eigenvalue weighted by molar-refractivity contribution is -0.432. The van der Waals surface area contributed by atoms with Gasteiger partial charge < -0.3 is 35.5 Å². The molecule has 0 bridgehead atoms. The van der Waals surface area contributed by atoms with Gasteiger partial charge in [-0.1, -0.05) is 29.3 Å². The van der Waals surface area contributed by atoms with Crippen LogP contribution in [0.25, 0.3) is 21.5 Å². The second-order valence-electron chi connectivity index (χ2n) is 16.9. The Morgan fingerprint density at radius 2 is 1.29 bits per heavy atom. The minimum Gasteiger partial charge on any atom is -0.505 e. The van der Waals surface area contributed by atoms with Crippen LogP contribution in [-0.4, -0.2) is 103 Å². The van der Waals surface area contributed by atoms with Crippen LogP contribution < -0.4 is 48.9 Å². The molecule has 0 aliphatic carbocycles. The summed E-state index contributed by atoms with van der Waals surface area (Å²) in [6, 6.07) is 19.4. The molecule has 8 rings (SSSR count). The molecule has 0 saturated carbocycles. The number of benzene rings is 6. The van der Waals surface area contributed by atoms with Crippen LogP contribution in [0.2, 0.25) is 0 Å². The van der Waals surface area contributed by atoms with Crippen molar-refractivity contribution in [2.24, 2.45) is 32.3 Å². The lowest BCUT2D eigenvalue weighted by Crippen LogP contribution is -2.31. The van der Waals surface area contributed by atoms with Crippen LogP contribution in [0, 0.1) is 0 Å². The number of anilines is 6. The van der Waals surface area contributed by atoms with Gasteiger partial charge in [0.2, 0.25) is 35.6 Å². The summed E-state index contributed by atoms with van der Waals surface area (Å²) in [7, 11) is -8.63. The summed E-state index contributed by atoms with van der Waals surface area (Å²) in [4.78, 5) is 76.8. The standard InChI is InChI=1S/C47H42N18O18S3/c1-79-47-56-45(53-30-20-26(84-83-82-73)17-24-19-31(85(74,75)76)37(40(69)36(24)30)62-58-25-15-13-22(14-16-25)41(70)71)55-46(57-47)65-61-34(67)12-5-4-11-33(66)60-64-44-51-21-50-43(54-44)52-29-10-6-7-23-18-32(86(77,78)81-49)38(39(68)35(23)29)63-59-28-9-3-2-8-27(28)42(72)80-48/h2-3,6-10,13-21,68-69,73H,4-5,11-12,48-49H2,1H3,(H,60,66)(H,61,67)(H,70,71)(H,74,75,76)(H2,50,51,52,54,64)(H2,53,55,56,57,65). The largest absolute Gasteiger partial charge is 0.505 e. The van der Waals surface area contributed by atoms with E-state index in [2.05, 4.69) is 101 Å².